The number of halogens is 2. The molecular weight excluding hydrogens is 274 g/mol. The summed E-state index contributed by atoms with van der Waals surface area (Å²) in [6.07, 6.45) is 0. The van der Waals surface area contributed by atoms with Crippen molar-refractivity contribution in [3.8, 4) is 0 Å². The molecule has 1 amide bonds. The van der Waals surface area contributed by atoms with Crippen molar-refractivity contribution in [2.75, 3.05) is 0 Å². The fourth-order valence-electron chi connectivity index (χ4n) is 1.98. The molecule has 21 heavy (non-hydrogen) atoms. The molecule has 2 aromatic rings. The van der Waals surface area contributed by atoms with E-state index in [4.69, 9.17) is 5.73 Å². The molecule has 0 aliphatic heterocycles. The molecular formula is C16H16F2N2O. The number of hydrogen-bond acceptors (Lipinski definition) is 2. The van der Waals surface area contributed by atoms with Gasteiger partial charge >= 0.3 is 0 Å². The Morgan fingerprint density at radius 2 is 1.71 bits per heavy atom. The normalized spacial score (nSPS) is 13.5. The van der Waals surface area contributed by atoms with Gasteiger partial charge < -0.3 is 11.1 Å². The first-order valence-electron chi connectivity index (χ1n) is 6.55. The molecule has 0 saturated heterocycles. The number of benzene rings is 2. The van der Waals surface area contributed by atoms with Gasteiger partial charge in [-0.25, -0.2) is 8.78 Å². The molecule has 2 rings (SSSR count). The highest BCUT2D eigenvalue weighted by Gasteiger charge is 2.18. The van der Waals surface area contributed by atoms with Crippen LogP contribution in [-0.4, -0.2) is 5.91 Å². The summed E-state index contributed by atoms with van der Waals surface area (Å²) < 4.78 is 26.1. The minimum Gasteiger partial charge on any atom is -0.348 e. The molecule has 0 heterocycles. The smallest absolute Gasteiger partial charge is 0.241 e. The van der Waals surface area contributed by atoms with Crippen LogP contribution in [0.15, 0.2) is 48.5 Å². The third-order valence-electron chi connectivity index (χ3n) is 3.24. The van der Waals surface area contributed by atoms with E-state index in [9.17, 15) is 13.6 Å². The van der Waals surface area contributed by atoms with Gasteiger partial charge in [-0.1, -0.05) is 36.4 Å². The maximum absolute atomic E-state index is 13.2. The highest BCUT2D eigenvalue weighted by atomic mass is 19.2. The van der Waals surface area contributed by atoms with Crippen molar-refractivity contribution < 1.29 is 13.6 Å². The predicted molar refractivity (Wildman–Crippen MR) is 76.3 cm³/mol. The highest BCUT2D eigenvalue weighted by molar-refractivity contribution is 5.83. The maximum Gasteiger partial charge on any atom is 0.241 e. The minimum absolute atomic E-state index is 0.376. The van der Waals surface area contributed by atoms with Gasteiger partial charge in [0, 0.05) is 0 Å². The second kappa shape index (κ2) is 6.45. The van der Waals surface area contributed by atoms with Gasteiger partial charge in [-0.15, -0.1) is 0 Å². The van der Waals surface area contributed by atoms with Crippen LogP contribution in [0.5, 0.6) is 0 Å². The fourth-order valence-corrected chi connectivity index (χ4v) is 1.98. The van der Waals surface area contributed by atoms with Crippen LogP contribution in [0.1, 0.15) is 30.1 Å². The van der Waals surface area contributed by atoms with Gasteiger partial charge in [0.1, 0.15) is 6.04 Å². The van der Waals surface area contributed by atoms with Crippen LogP contribution in [0.25, 0.3) is 0 Å². The number of carbonyl (C=O) groups is 1. The lowest BCUT2D eigenvalue weighted by atomic mass is 10.0. The number of carbonyl (C=O) groups excluding carboxylic acids is 1. The molecule has 0 aliphatic carbocycles. The van der Waals surface area contributed by atoms with Gasteiger partial charge in [-0.2, -0.15) is 0 Å². The standard InChI is InChI=1S/C16H16F2N2O/c1-10(12-7-8-13(17)14(18)9-12)20-16(21)15(19)11-5-3-2-4-6-11/h2-10,15H,19H2,1H3,(H,20,21)/t10?,15-/m0/s1. The number of rotatable bonds is 4. The van der Waals surface area contributed by atoms with Crippen molar-refractivity contribution in [3.05, 3.63) is 71.3 Å². The van der Waals surface area contributed by atoms with Crippen molar-refractivity contribution >= 4 is 5.91 Å². The molecule has 3 nitrogen and oxygen atoms in total. The van der Waals surface area contributed by atoms with Gasteiger partial charge in [0.05, 0.1) is 6.04 Å². The molecule has 0 radical (unpaired) electrons. The Labute approximate surface area is 121 Å². The zero-order valence-corrected chi connectivity index (χ0v) is 11.5. The van der Waals surface area contributed by atoms with Gasteiger partial charge in [0.15, 0.2) is 11.6 Å². The second-order valence-corrected chi connectivity index (χ2v) is 4.79. The van der Waals surface area contributed by atoms with E-state index in [1.807, 2.05) is 6.07 Å². The van der Waals surface area contributed by atoms with Gasteiger partial charge in [-0.3, -0.25) is 4.79 Å². The summed E-state index contributed by atoms with van der Waals surface area (Å²) in [6, 6.07) is 11.2. The summed E-state index contributed by atoms with van der Waals surface area (Å²) in [4.78, 5) is 12.1. The molecule has 0 saturated carbocycles. The number of hydrogen-bond donors (Lipinski definition) is 2. The Balaban J connectivity index is 2.06. The van der Waals surface area contributed by atoms with Crippen LogP contribution >= 0.6 is 0 Å². The average Bonchev–Trinajstić information content (AvgIpc) is 2.50. The second-order valence-electron chi connectivity index (χ2n) is 4.79. The molecule has 2 aromatic carbocycles. The van der Waals surface area contributed by atoms with Crippen molar-refractivity contribution in [1.82, 2.24) is 5.32 Å². The summed E-state index contributed by atoms with van der Waals surface area (Å²) in [5.74, 6) is -2.24. The van der Waals surface area contributed by atoms with Crippen molar-refractivity contribution in [3.63, 3.8) is 0 Å². The van der Waals surface area contributed by atoms with E-state index in [0.717, 1.165) is 12.1 Å². The third kappa shape index (κ3) is 3.64. The monoisotopic (exact) mass is 290 g/mol. The lowest BCUT2D eigenvalue weighted by molar-refractivity contribution is -0.123. The quantitative estimate of drug-likeness (QED) is 0.909. The zero-order chi connectivity index (χ0) is 15.4. The molecule has 0 fully saturated rings. The van der Waals surface area contributed by atoms with Gasteiger partial charge in [0.2, 0.25) is 5.91 Å². The van der Waals surface area contributed by atoms with Crippen molar-refractivity contribution in [1.29, 1.82) is 0 Å². The maximum atomic E-state index is 13.2. The number of nitrogens with two attached hydrogens (primary N) is 1. The highest BCUT2D eigenvalue weighted by Crippen LogP contribution is 2.17. The summed E-state index contributed by atoms with van der Waals surface area (Å²) in [5.41, 5.74) is 7.03. The van der Waals surface area contributed by atoms with Crippen LogP contribution in [0.4, 0.5) is 8.78 Å². The first-order valence-corrected chi connectivity index (χ1v) is 6.55. The number of amides is 1. The van der Waals surface area contributed by atoms with Crippen LogP contribution in [0.3, 0.4) is 0 Å². The molecule has 1 unspecified atom stereocenters. The first kappa shape index (κ1) is 15.1. The largest absolute Gasteiger partial charge is 0.348 e. The Morgan fingerprint density at radius 1 is 1.05 bits per heavy atom. The van der Waals surface area contributed by atoms with Crippen molar-refractivity contribution in [2.45, 2.75) is 19.0 Å². The summed E-state index contributed by atoms with van der Waals surface area (Å²) in [6.45, 7) is 1.68. The van der Waals surface area contributed by atoms with Crippen LogP contribution < -0.4 is 11.1 Å². The molecule has 0 aliphatic rings. The summed E-state index contributed by atoms with van der Waals surface area (Å²) >= 11 is 0. The molecule has 2 atom stereocenters. The lowest BCUT2D eigenvalue weighted by Crippen LogP contribution is -2.35. The molecule has 110 valence electrons. The zero-order valence-electron chi connectivity index (χ0n) is 11.5. The third-order valence-corrected chi connectivity index (χ3v) is 3.24. The molecule has 0 bridgehead atoms. The van der Waals surface area contributed by atoms with Crippen molar-refractivity contribution in [2.24, 2.45) is 5.73 Å². The van der Waals surface area contributed by atoms with Crippen LogP contribution in [0, 0.1) is 11.6 Å². The topological polar surface area (TPSA) is 55.1 Å². The summed E-state index contributed by atoms with van der Waals surface area (Å²) in [7, 11) is 0. The van der Waals surface area contributed by atoms with E-state index < -0.39 is 23.7 Å². The Bertz CT molecular complexity index is 631. The molecule has 0 aromatic heterocycles. The SMILES string of the molecule is CC(NC(=O)[C@@H](N)c1ccccc1)c1ccc(F)c(F)c1. The van der Waals surface area contributed by atoms with Gasteiger partial charge in [0.25, 0.3) is 0 Å². The van der Waals surface area contributed by atoms with Crippen LogP contribution in [-0.2, 0) is 4.79 Å². The Kier molecular flexibility index (Phi) is 4.65. The van der Waals surface area contributed by atoms with E-state index in [0.29, 0.717) is 11.1 Å². The Hall–Kier alpha value is -2.27. The predicted octanol–water partition coefficient (Wildman–Crippen LogP) is 2.84. The van der Waals surface area contributed by atoms with Crippen LogP contribution in [0.2, 0.25) is 0 Å². The first-order chi connectivity index (χ1) is 9.99. The Morgan fingerprint density at radius 3 is 2.33 bits per heavy atom. The van der Waals surface area contributed by atoms with E-state index in [1.54, 1.807) is 31.2 Å². The van der Waals surface area contributed by atoms with E-state index >= 15 is 0 Å². The van der Waals surface area contributed by atoms with E-state index in [2.05, 4.69) is 5.32 Å². The lowest BCUT2D eigenvalue weighted by Gasteiger charge is -2.18. The average molecular weight is 290 g/mol. The molecule has 0 spiro atoms. The summed E-state index contributed by atoms with van der Waals surface area (Å²) in [5, 5.41) is 2.69. The minimum atomic E-state index is -0.944. The van der Waals surface area contributed by atoms with E-state index in [1.165, 1.54) is 6.07 Å². The molecule has 5 heteroatoms. The fraction of sp³-hybridized carbons (Fsp3) is 0.188. The van der Waals surface area contributed by atoms with E-state index in [-0.39, 0.29) is 5.91 Å². The van der Waals surface area contributed by atoms with Gasteiger partial charge in [-0.05, 0) is 30.2 Å². The molecule has 3 N–H and O–H groups in total. The number of nitrogens with one attached hydrogen (secondary N) is 1.